The third-order valence-electron chi connectivity index (χ3n) is 6.17. The molecule has 1 aromatic heterocycles. The van der Waals surface area contributed by atoms with Crippen molar-refractivity contribution >= 4 is 23.2 Å². The second-order valence-electron chi connectivity index (χ2n) is 7.53. The topological polar surface area (TPSA) is 51.6 Å². The third-order valence-corrected chi connectivity index (χ3v) is 6.62. The van der Waals surface area contributed by atoms with Gasteiger partial charge in [-0.1, -0.05) is 65.7 Å². The highest BCUT2D eigenvalue weighted by atomic mass is 35.5. The molecular weight excluding hydrogens is 409 g/mol. The Balaban J connectivity index is 1.79. The minimum Gasteiger partial charge on any atom is -0.481 e. The molecule has 29 heavy (non-hydrogen) atoms. The van der Waals surface area contributed by atoms with Crippen LogP contribution in [0.1, 0.15) is 35.4 Å². The fourth-order valence-electron chi connectivity index (χ4n) is 5.03. The molecule has 2 aromatic carbocycles. The summed E-state index contributed by atoms with van der Waals surface area (Å²) in [6.45, 7) is 0. The van der Waals surface area contributed by atoms with Gasteiger partial charge in [-0.3, -0.25) is 0 Å². The smallest absolute Gasteiger partial charge is 0.224 e. The first-order valence-corrected chi connectivity index (χ1v) is 10.2. The number of aromatic nitrogens is 1. The SMILES string of the molecule is COc1nc(Cl)cc2c1C1(O)CCC(c3ccccc3)C1(c1ccc(Cl)cc1)O2. The average molecular weight is 428 g/mol. The molecular formula is C23H19Cl2NO3. The zero-order chi connectivity index (χ0) is 20.2. The summed E-state index contributed by atoms with van der Waals surface area (Å²) in [6, 6.07) is 19.3. The summed E-state index contributed by atoms with van der Waals surface area (Å²) < 4.78 is 12.1. The van der Waals surface area contributed by atoms with Crippen LogP contribution in [0.3, 0.4) is 0 Å². The van der Waals surface area contributed by atoms with E-state index in [1.165, 1.54) is 7.11 Å². The molecule has 0 bridgehead atoms. The number of methoxy groups -OCH3 is 1. The van der Waals surface area contributed by atoms with Gasteiger partial charge in [-0.05, 0) is 36.1 Å². The number of fused-ring (bicyclic) bond motifs is 3. The second kappa shape index (κ2) is 6.63. The van der Waals surface area contributed by atoms with Crippen molar-refractivity contribution in [2.75, 3.05) is 7.11 Å². The number of hydrogen-bond acceptors (Lipinski definition) is 4. The van der Waals surface area contributed by atoms with E-state index in [1.807, 2.05) is 42.5 Å². The fraction of sp³-hybridized carbons (Fsp3) is 0.261. The molecule has 1 fully saturated rings. The molecule has 2 heterocycles. The molecule has 0 saturated heterocycles. The monoisotopic (exact) mass is 427 g/mol. The first kappa shape index (κ1) is 18.7. The molecule has 6 heteroatoms. The Kier molecular flexibility index (Phi) is 4.28. The number of rotatable bonds is 3. The highest BCUT2D eigenvalue weighted by molar-refractivity contribution is 6.30. The molecule has 5 rings (SSSR count). The van der Waals surface area contributed by atoms with Crippen LogP contribution in [0.5, 0.6) is 11.6 Å². The summed E-state index contributed by atoms with van der Waals surface area (Å²) in [5.41, 5.74) is 0.146. The molecule has 1 aliphatic heterocycles. The predicted octanol–water partition coefficient (Wildman–Crippen LogP) is 5.45. The second-order valence-corrected chi connectivity index (χ2v) is 8.36. The predicted molar refractivity (Wildman–Crippen MR) is 112 cm³/mol. The Morgan fingerprint density at radius 1 is 1.10 bits per heavy atom. The van der Waals surface area contributed by atoms with Gasteiger partial charge in [-0.25, -0.2) is 4.98 Å². The number of ether oxygens (including phenoxy) is 2. The number of nitrogens with zero attached hydrogens (tertiary/aromatic N) is 1. The third kappa shape index (κ3) is 2.53. The van der Waals surface area contributed by atoms with Gasteiger partial charge in [-0.2, -0.15) is 0 Å². The van der Waals surface area contributed by atoms with Crippen LogP contribution in [-0.2, 0) is 11.2 Å². The summed E-state index contributed by atoms with van der Waals surface area (Å²) in [4.78, 5) is 4.29. The summed E-state index contributed by atoms with van der Waals surface area (Å²) in [5, 5.41) is 13.1. The number of aliphatic hydroxyl groups is 1. The minimum atomic E-state index is -1.32. The van der Waals surface area contributed by atoms with Crippen LogP contribution in [0, 0.1) is 0 Å². The molecule has 0 amide bonds. The lowest BCUT2D eigenvalue weighted by atomic mass is 9.72. The lowest BCUT2D eigenvalue weighted by Crippen LogP contribution is -2.48. The Labute approximate surface area is 179 Å². The van der Waals surface area contributed by atoms with E-state index in [9.17, 15) is 5.11 Å². The Bertz CT molecular complexity index is 1070. The quantitative estimate of drug-likeness (QED) is 0.564. The Hall–Kier alpha value is -2.27. The molecule has 1 aliphatic carbocycles. The lowest BCUT2D eigenvalue weighted by Gasteiger charge is -2.40. The largest absolute Gasteiger partial charge is 0.481 e. The highest BCUT2D eigenvalue weighted by Crippen LogP contribution is 2.68. The summed E-state index contributed by atoms with van der Waals surface area (Å²) in [6.07, 6.45) is 1.25. The van der Waals surface area contributed by atoms with Crippen molar-refractivity contribution in [2.24, 2.45) is 0 Å². The molecule has 148 valence electrons. The van der Waals surface area contributed by atoms with E-state index in [0.29, 0.717) is 28.6 Å². The van der Waals surface area contributed by atoms with Crippen LogP contribution in [0.4, 0.5) is 0 Å². The highest BCUT2D eigenvalue weighted by Gasteiger charge is 2.69. The van der Waals surface area contributed by atoms with Crippen molar-refractivity contribution in [2.45, 2.75) is 30.0 Å². The fourth-order valence-corrected chi connectivity index (χ4v) is 5.33. The van der Waals surface area contributed by atoms with Gasteiger partial charge >= 0.3 is 0 Å². The van der Waals surface area contributed by atoms with Gasteiger partial charge in [-0.15, -0.1) is 0 Å². The van der Waals surface area contributed by atoms with Gasteiger partial charge < -0.3 is 14.6 Å². The molecule has 1 saturated carbocycles. The van der Waals surface area contributed by atoms with Crippen LogP contribution >= 0.6 is 23.2 Å². The zero-order valence-electron chi connectivity index (χ0n) is 15.7. The van der Waals surface area contributed by atoms with Gasteiger partial charge in [0.15, 0.2) is 5.60 Å². The normalized spacial score (nSPS) is 27.2. The van der Waals surface area contributed by atoms with Crippen molar-refractivity contribution < 1.29 is 14.6 Å². The maximum atomic E-state index is 12.2. The number of halogens is 2. The van der Waals surface area contributed by atoms with Gasteiger partial charge in [0.05, 0.1) is 12.7 Å². The molecule has 0 spiro atoms. The number of pyridine rings is 1. The van der Waals surface area contributed by atoms with Crippen molar-refractivity contribution in [1.29, 1.82) is 0 Å². The average Bonchev–Trinajstić information content (AvgIpc) is 3.15. The van der Waals surface area contributed by atoms with E-state index in [4.69, 9.17) is 32.7 Å². The van der Waals surface area contributed by atoms with E-state index < -0.39 is 11.2 Å². The minimum absolute atomic E-state index is 0.0780. The molecule has 1 N–H and O–H groups in total. The van der Waals surface area contributed by atoms with Crippen LogP contribution in [0.15, 0.2) is 60.7 Å². The van der Waals surface area contributed by atoms with E-state index in [1.54, 1.807) is 6.07 Å². The van der Waals surface area contributed by atoms with E-state index in [-0.39, 0.29) is 11.1 Å². The molecule has 0 radical (unpaired) electrons. The van der Waals surface area contributed by atoms with Gasteiger partial charge in [0.2, 0.25) is 5.88 Å². The summed E-state index contributed by atoms with van der Waals surface area (Å²) in [5.74, 6) is 0.713. The molecule has 3 aromatic rings. The van der Waals surface area contributed by atoms with Crippen molar-refractivity contribution in [1.82, 2.24) is 4.98 Å². The first-order valence-electron chi connectivity index (χ1n) is 9.47. The van der Waals surface area contributed by atoms with Crippen molar-refractivity contribution in [3.63, 3.8) is 0 Å². The molecule has 2 aliphatic rings. The number of hydrogen-bond donors (Lipinski definition) is 1. The van der Waals surface area contributed by atoms with Crippen molar-refractivity contribution in [3.05, 3.63) is 87.5 Å². The number of benzene rings is 2. The maximum Gasteiger partial charge on any atom is 0.224 e. The van der Waals surface area contributed by atoms with Crippen LogP contribution in [0.25, 0.3) is 0 Å². The van der Waals surface area contributed by atoms with Gasteiger partial charge in [0, 0.05) is 17.0 Å². The van der Waals surface area contributed by atoms with Gasteiger partial charge in [0.1, 0.15) is 16.5 Å². The van der Waals surface area contributed by atoms with Crippen LogP contribution in [0.2, 0.25) is 10.2 Å². The standard InChI is InChI=1S/C23H19Cl2NO3/c1-28-21-20-18(13-19(25)26-21)29-23(15-7-9-16(24)10-8-15)17(11-12-22(20,23)27)14-5-3-2-4-6-14/h2-10,13,17,27H,11-12H2,1H3. The Morgan fingerprint density at radius 2 is 1.83 bits per heavy atom. The molecule has 3 atom stereocenters. The van der Waals surface area contributed by atoms with Crippen molar-refractivity contribution in [3.8, 4) is 11.6 Å². The van der Waals surface area contributed by atoms with Crippen LogP contribution < -0.4 is 9.47 Å². The van der Waals surface area contributed by atoms with E-state index in [2.05, 4.69) is 17.1 Å². The van der Waals surface area contributed by atoms with Crippen LogP contribution in [-0.4, -0.2) is 17.2 Å². The molecule has 3 unspecified atom stereocenters. The van der Waals surface area contributed by atoms with E-state index in [0.717, 1.165) is 17.5 Å². The molecule has 4 nitrogen and oxygen atoms in total. The zero-order valence-corrected chi connectivity index (χ0v) is 17.2. The first-order chi connectivity index (χ1) is 14.0. The Morgan fingerprint density at radius 3 is 2.52 bits per heavy atom. The maximum absolute atomic E-state index is 12.2. The van der Waals surface area contributed by atoms with E-state index >= 15 is 0 Å². The summed E-state index contributed by atoms with van der Waals surface area (Å²) >= 11 is 12.4. The van der Waals surface area contributed by atoms with Gasteiger partial charge in [0.25, 0.3) is 0 Å². The lowest BCUT2D eigenvalue weighted by molar-refractivity contribution is -0.106. The summed E-state index contributed by atoms with van der Waals surface area (Å²) in [7, 11) is 1.52.